The largest absolute Gasteiger partial charge is 0.510 e. The summed E-state index contributed by atoms with van der Waals surface area (Å²) in [5.41, 5.74) is 13.4. The second-order valence-corrected chi connectivity index (χ2v) is 22.7. The molecule has 0 aliphatic rings. The van der Waals surface area contributed by atoms with Crippen LogP contribution in [-0.4, -0.2) is 14.1 Å². The van der Waals surface area contributed by atoms with Crippen molar-refractivity contribution in [3.05, 3.63) is 161 Å². The summed E-state index contributed by atoms with van der Waals surface area (Å²) in [6, 6.07) is 44.7. The predicted molar refractivity (Wildman–Crippen MR) is 271 cm³/mol. The minimum atomic E-state index is -0.246. The number of aromatic nitrogens is 4. The maximum atomic E-state index is 6.89. The molecule has 6 heteroatoms. The Bertz CT molecular complexity index is 3020. The molecule has 0 fully saturated rings. The van der Waals surface area contributed by atoms with Crippen LogP contribution in [0.15, 0.2) is 109 Å². The van der Waals surface area contributed by atoms with E-state index in [1.165, 1.54) is 39.2 Å². The molecule has 0 spiro atoms. The van der Waals surface area contributed by atoms with Crippen molar-refractivity contribution in [3.63, 3.8) is 0 Å². The fraction of sp³-hybridized carbons (Fsp3) is 0.367. The van der Waals surface area contributed by atoms with Crippen LogP contribution in [0, 0.1) is 18.5 Å². The summed E-state index contributed by atoms with van der Waals surface area (Å²) in [6.45, 7) is 36.4. The Kier molecular flexibility index (Phi) is 13.1. The number of nitrogens with zero attached hydrogens (tertiary/aromatic N) is 4. The Labute approximate surface area is 409 Å². The van der Waals surface area contributed by atoms with Gasteiger partial charge in [0.05, 0.1) is 17.1 Å². The van der Waals surface area contributed by atoms with E-state index in [4.69, 9.17) is 9.72 Å². The Morgan fingerprint density at radius 1 is 0.591 bits per heavy atom. The number of hydrogen-bond donors (Lipinski definition) is 0. The van der Waals surface area contributed by atoms with Gasteiger partial charge in [0.15, 0.2) is 0 Å². The van der Waals surface area contributed by atoms with E-state index in [-0.39, 0.29) is 42.7 Å². The Balaban J connectivity index is 0.00000648. The van der Waals surface area contributed by atoms with Crippen LogP contribution in [0.25, 0.3) is 50.1 Å². The minimum Gasteiger partial charge on any atom is -0.510 e. The smallest absolute Gasteiger partial charge is 0.267 e. The van der Waals surface area contributed by atoms with E-state index in [1.807, 2.05) is 12.3 Å². The quantitative estimate of drug-likeness (QED) is 0.112. The van der Waals surface area contributed by atoms with Crippen LogP contribution in [0.5, 0.6) is 11.5 Å². The van der Waals surface area contributed by atoms with Crippen molar-refractivity contribution in [3.8, 4) is 39.8 Å². The van der Waals surface area contributed by atoms with E-state index < -0.39 is 0 Å². The molecule has 0 unspecified atom stereocenters. The molecule has 3 heterocycles. The van der Waals surface area contributed by atoms with Crippen LogP contribution in [0.4, 0.5) is 0 Å². The first-order chi connectivity index (χ1) is 30.4. The van der Waals surface area contributed by atoms with Gasteiger partial charge in [-0.1, -0.05) is 165 Å². The molecule has 5 aromatic carbocycles. The molecule has 0 aliphatic heterocycles. The Morgan fingerprint density at radius 3 is 1.82 bits per heavy atom. The third kappa shape index (κ3) is 9.35. The summed E-state index contributed by atoms with van der Waals surface area (Å²) in [5.74, 6) is 2.92. The second kappa shape index (κ2) is 17.8. The van der Waals surface area contributed by atoms with Crippen molar-refractivity contribution in [2.24, 2.45) is 0 Å². The van der Waals surface area contributed by atoms with E-state index in [0.717, 1.165) is 44.6 Å². The molecule has 0 aliphatic carbocycles. The first-order valence-corrected chi connectivity index (χ1v) is 23.4. The first-order valence-electron chi connectivity index (χ1n) is 23.4. The molecule has 0 saturated carbocycles. The van der Waals surface area contributed by atoms with E-state index in [2.05, 4.69) is 240 Å². The van der Waals surface area contributed by atoms with Gasteiger partial charge in [0.1, 0.15) is 5.82 Å². The molecule has 5 nitrogen and oxygen atoms in total. The molecule has 0 amide bonds. The number of ether oxygens (including phenoxy) is 1. The van der Waals surface area contributed by atoms with Gasteiger partial charge in [-0.2, -0.15) is 17.7 Å². The first kappa shape index (κ1) is 48.7. The summed E-state index contributed by atoms with van der Waals surface area (Å²) in [7, 11) is 0. The molecule has 66 heavy (non-hydrogen) atoms. The summed E-state index contributed by atoms with van der Waals surface area (Å²) in [6.07, 6.45) is 5.80. The van der Waals surface area contributed by atoms with E-state index in [9.17, 15) is 0 Å². The van der Waals surface area contributed by atoms with Gasteiger partial charge in [-0.25, -0.2) is 4.98 Å². The Hall–Kier alpha value is -5.25. The van der Waals surface area contributed by atoms with Crippen LogP contribution in [0.3, 0.4) is 0 Å². The van der Waals surface area contributed by atoms with E-state index >= 15 is 0 Å². The third-order valence-corrected chi connectivity index (χ3v) is 12.6. The zero-order valence-corrected chi connectivity index (χ0v) is 44.3. The van der Waals surface area contributed by atoms with E-state index in [1.54, 1.807) is 0 Å². The molecule has 0 atom stereocenters. The van der Waals surface area contributed by atoms with Gasteiger partial charge in [-0.15, -0.1) is 29.7 Å². The van der Waals surface area contributed by atoms with Crippen molar-refractivity contribution in [1.82, 2.24) is 14.1 Å². The molecule has 0 saturated heterocycles. The SMILES string of the molecule is CC(C)c1cccc(C(C)C)c1-c1ccc(-[n+]2[c-]n(-c3[c-]c(Oc4[c-]c5c(cc4)c4ccccc4n5-c4cc(C(C)(C)C)ccn4)cc(C(C)(C)C)c3)c(C(C)(C)C)c2C(C)(C)C)cc1.[Pt]. The molecular formula is C60H68N4OPt-2. The molecule has 346 valence electrons. The Morgan fingerprint density at radius 2 is 1.23 bits per heavy atom. The number of fused-ring (bicyclic) bond motifs is 3. The maximum Gasteiger partial charge on any atom is 0.267 e. The van der Waals surface area contributed by atoms with Gasteiger partial charge >= 0.3 is 0 Å². The number of rotatable bonds is 8. The number of para-hydroxylation sites is 1. The van der Waals surface area contributed by atoms with Gasteiger partial charge in [0.25, 0.3) is 6.33 Å². The van der Waals surface area contributed by atoms with Crippen LogP contribution < -0.4 is 9.30 Å². The molecule has 3 aromatic heterocycles. The summed E-state index contributed by atoms with van der Waals surface area (Å²) >= 11 is 0. The molecule has 8 rings (SSSR count). The van der Waals surface area contributed by atoms with Crippen LogP contribution in [0.2, 0.25) is 0 Å². The monoisotopic (exact) mass is 1060 g/mol. The fourth-order valence-corrected chi connectivity index (χ4v) is 9.25. The number of benzene rings is 5. The average Bonchev–Trinajstić information content (AvgIpc) is 3.81. The van der Waals surface area contributed by atoms with Crippen LogP contribution >= 0.6 is 0 Å². The van der Waals surface area contributed by atoms with Crippen LogP contribution in [-0.2, 0) is 42.7 Å². The minimum absolute atomic E-state index is 0. The van der Waals surface area contributed by atoms with Crippen molar-refractivity contribution >= 4 is 21.8 Å². The normalized spacial score (nSPS) is 12.7. The number of hydrogen-bond acceptors (Lipinski definition) is 2. The molecule has 0 bridgehead atoms. The zero-order chi connectivity index (χ0) is 47.0. The van der Waals surface area contributed by atoms with Gasteiger partial charge < -0.3 is 13.9 Å². The standard InChI is InChI=1S/C60H68N4O.Pt/c1-38(2)47-21-19-22-48(39(3)4)54(47)40-24-26-43(27-25-40)62-37-63(56(60(14,15)16)55(62)59(11,12)13)44-32-42(58(8,9)10)33-46(35-44)65-45-28-29-50-49-20-17-18-23-51(49)64(52(50)36-45)53-34-41(30-31-61-53)57(5,6)7;/h17-34,38-39H,1-16H3;/q-2;. The van der Waals surface area contributed by atoms with Crippen molar-refractivity contribution in [2.45, 2.75) is 144 Å². The number of pyridine rings is 1. The van der Waals surface area contributed by atoms with Gasteiger partial charge in [-0.05, 0) is 103 Å². The van der Waals surface area contributed by atoms with E-state index in [0.29, 0.717) is 23.3 Å². The second-order valence-electron chi connectivity index (χ2n) is 22.7. The maximum absolute atomic E-state index is 6.89. The van der Waals surface area contributed by atoms with Gasteiger partial charge in [0, 0.05) is 44.3 Å². The summed E-state index contributed by atoms with van der Waals surface area (Å²) in [4.78, 5) is 4.89. The molecule has 8 aromatic rings. The van der Waals surface area contributed by atoms with Crippen LogP contribution in [0.1, 0.15) is 156 Å². The molecule has 0 N–H and O–H groups in total. The fourth-order valence-electron chi connectivity index (χ4n) is 9.25. The average molecular weight is 1060 g/mol. The topological polar surface area (TPSA) is 35.9 Å². The van der Waals surface area contributed by atoms with Crippen molar-refractivity contribution in [1.29, 1.82) is 0 Å². The van der Waals surface area contributed by atoms with Gasteiger partial charge in [0.2, 0.25) is 0 Å². The summed E-state index contributed by atoms with van der Waals surface area (Å²) < 4.78 is 13.6. The number of imidazole rings is 1. The zero-order valence-electron chi connectivity index (χ0n) is 42.1. The summed E-state index contributed by atoms with van der Waals surface area (Å²) in [5, 5.41) is 2.24. The van der Waals surface area contributed by atoms with Crippen molar-refractivity contribution < 1.29 is 30.4 Å². The van der Waals surface area contributed by atoms with Gasteiger partial charge in [-0.3, -0.25) is 4.57 Å². The predicted octanol–water partition coefficient (Wildman–Crippen LogP) is 15.5. The molecule has 0 radical (unpaired) electrons. The molecular weight excluding hydrogens is 988 g/mol. The van der Waals surface area contributed by atoms with Crippen molar-refractivity contribution in [2.75, 3.05) is 0 Å². The third-order valence-electron chi connectivity index (χ3n) is 12.6.